The van der Waals surface area contributed by atoms with E-state index in [1.807, 2.05) is 32.2 Å². The van der Waals surface area contributed by atoms with E-state index in [0.717, 1.165) is 11.4 Å². The summed E-state index contributed by atoms with van der Waals surface area (Å²) in [4.78, 5) is 12.5. The maximum atomic E-state index is 12.5. The average Bonchev–Trinajstić information content (AvgIpc) is 3.42. The van der Waals surface area contributed by atoms with Crippen molar-refractivity contribution in [2.24, 2.45) is 0 Å². The number of furan rings is 1. The van der Waals surface area contributed by atoms with Crippen LogP contribution < -0.4 is 5.32 Å². The van der Waals surface area contributed by atoms with Gasteiger partial charge >= 0.3 is 0 Å². The second-order valence-electron chi connectivity index (χ2n) is 7.19. The lowest BCUT2D eigenvalue weighted by Gasteiger charge is -2.05. The number of hydrogen-bond donors (Lipinski definition) is 1. The number of rotatable bonds is 6. The second kappa shape index (κ2) is 8.20. The lowest BCUT2D eigenvalue weighted by atomic mass is 10.1. The van der Waals surface area contributed by atoms with Crippen LogP contribution in [0.5, 0.6) is 0 Å². The van der Waals surface area contributed by atoms with Gasteiger partial charge in [0.05, 0.1) is 29.5 Å². The highest BCUT2D eigenvalue weighted by Gasteiger charge is 2.15. The molecule has 0 saturated carbocycles. The number of aromatic nitrogens is 4. The molecule has 1 aromatic carbocycles. The highest BCUT2D eigenvalue weighted by molar-refractivity contribution is 6.31. The smallest absolute Gasteiger partial charge is 0.292 e. The molecular formula is C22H22ClN5O2. The van der Waals surface area contributed by atoms with Crippen molar-refractivity contribution in [2.45, 2.75) is 33.9 Å². The number of hydrogen-bond acceptors (Lipinski definition) is 4. The molecular weight excluding hydrogens is 402 g/mol. The molecule has 0 aliphatic rings. The first-order chi connectivity index (χ1) is 14.4. The molecule has 0 radical (unpaired) electrons. The Bertz CT molecular complexity index is 1200. The van der Waals surface area contributed by atoms with Crippen molar-refractivity contribution in [1.82, 2.24) is 19.6 Å². The number of nitrogens with zero attached hydrogens (tertiary/aromatic N) is 4. The van der Waals surface area contributed by atoms with Gasteiger partial charge in [-0.05, 0) is 44.0 Å². The highest BCUT2D eigenvalue weighted by Crippen LogP contribution is 2.20. The third kappa shape index (κ3) is 4.16. The van der Waals surface area contributed by atoms with Crippen molar-refractivity contribution in [3.8, 4) is 0 Å². The first kappa shape index (κ1) is 20.0. The largest absolute Gasteiger partial charge is 0.454 e. The number of amides is 1. The normalized spacial score (nSPS) is 11.1. The number of carbonyl (C=O) groups excluding carboxylic acids is 1. The molecule has 0 bridgehead atoms. The Labute approximate surface area is 179 Å². The second-order valence-corrected chi connectivity index (χ2v) is 7.57. The minimum absolute atomic E-state index is 0.214. The van der Waals surface area contributed by atoms with Crippen LogP contribution in [0.3, 0.4) is 0 Å². The summed E-state index contributed by atoms with van der Waals surface area (Å²) in [7, 11) is 0. The number of nitrogens with one attached hydrogen (secondary N) is 1. The van der Waals surface area contributed by atoms with Gasteiger partial charge in [-0.25, -0.2) is 0 Å². The highest BCUT2D eigenvalue weighted by atomic mass is 35.5. The zero-order chi connectivity index (χ0) is 21.3. The first-order valence-electron chi connectivity index (χ1n) is 9.58. The van der Waals surface area contributed by atoms with Gasteiger partial charge in [0, 0.05) is 12.3 Å². The molecule has 7 nitrogen and oxygen atoms in total. The Morgan fingerprint density at radius 1 is 1.07 bits per heavy atom. The van der Waals surface area contributed by atoms with Gasteiger partial charge in [0.1, 0.15) is 5.76 Å². The minimum atomic E-state index is -0.353. The van der Waals surface area contributed by atoms with Crippen LogP contribution in [-0.2, 0) is 13.1 Å². The van der Waals surface area contributed by atoms with E-state index in [9.17, 15) is 4.79 Å². The van der Waals surface area contributed by atoms with E-state index in [0.29, 0.717) is 29.7 Å². The molecule has 1 N–H and O–H groups in total. The number of halogens is 1. The molecule has 0 aliphatic carbocycles. The van der Waals surface area contributed by atoms with Crippen molar-refractivity contribution in [3.05, 3.63) is 87.7 Å². The average molecular weight is 424 g/mol. The quantitative estimate of drug-likeness (QED) is 0.491. The third-order valence-electron chi connectivity index (χ3n) is 4.96. The van der Waals surface area contributed by atoms with Gasteiger partial charge in [0.15, 0.2) is 11.6 Å². The van der Waals surface area contributed by atoms with Crippen LogP contribution in [-0.4, -0.2) is 25.5 Å². The van der Waals surface area contributed by atoms with Gasteiger partial charge in [-0.15, -0.1) is 0 Å². The summed E-state index contributed by atoms with van der Waals surface area (Å²) in [6.45, 7) is 6.85. The predicted octanol–water partition coefficient (Wildman–Crippen LogP) is 4.60. The molecule has 0 atom stereocenters. The Morgan fingerprint density at radius 3 is 2.60 bits per heavy atom. The summed E-state index contributed by atoms with van der Waals surface area (Å²) in [6.07, 6.45) is 1.84. The number of carbonyl (C=O) groups is 1. The lowest BCUT2D eigenvalue weighted by molar-refractivity contribution is 0.0994. The van der Waals surface area contributed by atoms with Gasteiger partial charge in [0.2, 0.25) is 0 Å². The molecule has 0 aliphatic heterocycles. The molecule has 30 heavy (non-hydrogen) atoms. The van der Waals surface area contributed by atoms with Crippen LogP contribution in [0.1, 0.15) is 38.8 Å². The number of anilines is 1. The summed E-state index contributed by atoms with van der Waals surface area (Å²) in [5.74, 6) is 0.948. The van der Waals surface area contributed by atoms with Crippen molar-refractivity contribution < 1.29 is 9.21 Å². The standard InChI is InChI=1S/C22H22ClN5O2/c1-14-6-4-5-7-17(14)12-27-11-10-20(26-27)24-22(29)19-9-8-18(30-19)13-28-16(3)21(23)15(2)25-28/h4-11H,12-13H2,1-3H3,(H,24,26,29). The van der Waals surface area contributed by atoms with E-state index >= 15 is 0 Å². The van der Waals surface area contributed by atoms with E-state index < -0.39 is 0 Å². The molecule has 0 unspecified atom stereocenters. The molecule has 3 aromatic heterocycles. The fraction of sp³-hybridized carbons (Fsp3) is 0.227. The number of aryl methyl sites for hydroxylation is 2. The first-order valence-corrected chi connectivity index (χ1v) is 9.96. The van der Waals surface area contributed by atoms with Crippen molar-refractivity contribution in [1.29, 1.82) is 0 Å². The fourth-order valence-corrected chi connectivity index (χ4v) is 3.35. The summed E-state index contributed by atoms with van der Waals surface area (Å²) >= 11 is 6.19. The van der Waals surface area contributed by atoms with Gasteiger partial charge in [-0.2, -0.15) is 10.2 Å². The molecule has 0 saturated heterocycles. The van der Waals surface area contributed by atoms with E-state index in [-0.39, 0.29) is 11.7 Å². The Kier molecular flexibility index (Phi) is 5.46. The van der Waals surface area contributed by atoms with E-state index in [1.165, 1.54) is 11.1 Å². The van der Waals surface area contributed by atoms with Crippen molar-refractivity contribution in [2.75, 3.05) is 5.32 Å². The molecule has 3 heterocycles. The molecule has 0 spiro atoms. The third-order valence-corrected chi connectivity index (χ3v) is 5.51. The summed E-state index contributed by atoms with van der Waals surface area (Å²) in [5.41, 5.74) is 4.00. The zero-order valence-corrected chi connectivity index (χ0v) is 17.8. The minimum Gasteiger partial charge on any atom is -0.454 e. The summed E-state index contributed by atoms with van der Waals surface area (Å²) in [5, 5.41) is 12.2. The van der Waals surface area contributed by atoms with Gasteiger partial charge in [-0.3, -0.25) is 14.2 Å². The number of benzene rings is 1. The Morgan fingerprint density at radius 2 is 1.87 bits per heavy atom. The Hall–Kier alpha value is -3.32. The maximum absolute atomic E-state index is 12.5. The van der Waals surface area contributed by atoms with Crippen LogP contribution in [0, 0.1) is 20.8 Å². The van der Waals surface area contributed by atoms with E-state index in [1.54, 1.807) is 27.6 Å². The van der Waals surface area contributed by atoms with Crippen LogP contribution in [0.2, 0.25) is 5.02 Å². The maximum Gasteiger partial charge on any atom is 0.292 e. The molecule has 1 amide bonds. The summed E-state index contributed by atoms with van der Waals surface area (Å²) in [6, 6.07) is 13.3. The predicted molar refractivity (Wildman–Crippen MR) is 115 cm³/mol. The zero-order valence-electron chi connectivity index (χ0n) is 17.0. The van der Waals surface area contributed by atoms with Gasteiger partial charge in [-0.1, -0.05) is 35.9 Å². The monoisotopic (exact) mass is 423 g/mol. The topological polar surface area (TPSA) is 77.9 Å². The SMILES string of the molecule is Cc1ccccc1Cn1ccc(NC(=O)c2ccc(Cn3nc(C)c(Cl)c3C)o2)n1. The van der Waals surface area contributed by atoms with E-state index in [2.05, 4.69) is 34.6 Å². The molecule has 4 rings (SSSR count). The fourth-order valence-electron chi connectivity index (χ4n) is 3.22. The lowest BCUT2D eigenvalue weighted by Crippen LogP contribution is -2.12. The Balaban J connectivity index is 1.41. The van der Waals surface area contributed by atoms with Crippen LogP contribution >= 0.6 is 11.6 Å². The molecule has 4 aromatic rings. The van der Waals surface area contributed by atoms with Gasteiger partial charge < -0.3 is 9.73 Å². The van der Waals surface area contributed by atoms with Crippen molar-refractivity contribution >= 4 is 23.3 Å². The molecule has 0 fully saturated rings. The van der Waals surface area contributed by atoms with E-state index in [4.69, 9.17) is 16.0 Å². The van der Waals surface area contributed by atoms with Crippen LogP contribution in [0.4, 0.5) is 5.82 Å². The summed E-state index contributed by atoms with van der Waals surface area (Å²) < 4.78 is 9.24. The van der Waals surface area contributed by atoms with Crippen molar-refractivity contribution in [3.63, 3.8) is 0 Å². The molecule has 154 valence electrons. The van der Waals surface area contributed by atoms with Crippen LogP contribution in [0.15, 0.2) is 53.1 Å². The van der Waals surface area contributed by atoms with Crippen LogP contribution in [0.25, 0.3) is 0 Å². The molecule has 8 heteroatoms. The van der Waals surface area contributed by atoms with Gasteiger partial charge in [0.25, 0.3) is 5.91 Å².